The van der Waals surface area contributed by atoms with Crippen molar-refractivity contribution in [1.82, 2.24) is 0 Å². The molecule has 0 aromatic carbocycles. The smallest absolute Gasteiger partial charge is 0.319 e. The van der Waals surface area contributed by atoms with E-state index in [-0.39, 0.29) is 17.8 Å². The second-order valence-corrected chi connectivity index (χ2v) is 6.38. The van der Waals surface area contributed by atoms with Crippen LogP contribution in [-0.4, -0.2) is 33.8 Å². The Morgan fingerprint density at radius 2 is 2.13 bits per heavy atom. The van der Waals surface area contributed by atoms with Gasteiger partial charge in [0.2, 0.25) is 0 Å². The van der Waals surface area contributed by atoms with Gasteiger partial charge in [-0.1, -0.05) is 0 Å². The monoisotopic (exact) mass is 232 g/mol. The Balaban J connectivity index is 2.37. The summed E-state index contributed by atoms with van der Waals surface area (Å²) in [7, 11) is 0. The van der Waals surface area contributed by atoms with Gasteiger partial charge >= 0.3 is 5.97 Å². The molecular formula is C11H20O3S. The minimum absolute atomic E-state index is 0.0271. The molecule has 0 radical (unpaired) electrons. The second kappa shape index (κ2) is 5.21. The lowest BCUT2D eigenvalue weighted by molar-refractivity contribution is -0.154. The number of esters is 1. The van der Waals surface area contributed by atoms with Crippen LogP contribution in [0.25, 0.3) is 0 Å². The highest BCUT2D eigenvalue weighted by molar-refractivity contribution is 8.01. The standard InChI is InChI=1S/C11H20O3S/c1-11(2,3)14-10(13)9-5-4-8(15-9)6-7-12/h8-9,12H,4-7H2,1-3H3. The number of rotatable bonds is 3. The molecule has 0 saturated carbocycles. The molecule has 0 aromatic rings. The summed E-state index contributed by atoms with van der Waals surface area (Å²) < 4.78 is 5.33. The molecule has 0 spiro atoms. The van der Waals surface area contributed by atoms with Gasteiger partial charge in [0.25, 0.3) is 0 Å². The number of hydrogen-bond acceptors (Lipinski definition) is 4. The zero-order valence-electron chi connectivity index (χ0n) is 9.66. The predicted molar refractivity (Wildman–Crippen MR) is 61.9 cm³/mol. The molecule has 88 valence electrons. The van der Waals surface area contributed by atoms with E-state index in [2.05, 4.69) is 0 Å². The van der Waals surface area contributed by atoms with Gasteiger partial charge in [-0.25, -0.2) is 0 Å². The zero-order valence-corrected chi connectivity index (χ0v) is 10.5. The van der Waals surface area contributed by atoms with E-state index < -0.39 is 5.60 Å². The van der Waals surface area contributed by atoms with E-state index in [0.29, 0.717) is 5.25 Å². The van der Waals surface area contributed by atoms with Crippen molar-refractivity contribution in [2.24, 2.45) is 0 Å². The Labute approximate surface area is 95.6 Å². The van der Waals surface area contributed by atoms with Crippen molar-refractivity contribution in [3.8, 4) is 0 Å². The summed E-state index contributed by atoms with van der Waals surface area (Å²) in [5, 5.41) is 9.21. The first-order valence-corrected chi connectivity index (χ1v) is 6.36. The maximum absolute atomic E-state index is 11.7. The Kier molecular flexibility index (Phi) is 4.46. The molecule has 1 rings (SSSR count). The molecule has 3 nitrogen and oxygen atoms in total. The first-order valence-electron chi connectivity index (χ1n) is 5.41. The van der Waals surface area contributed by atoms with Crippen molar-refractivity contribution in [3.05, 3.63) is 0 Å². The largest absolute Gasteiger partial charge is 0.459 e. The minimum Gasteiger partial charge on any atom is -0.459 e. The molecule has 0 aromatic heterocycles. The van der Waals surface area contributed by atoms with Gasteiger partial charge in [0, 0.05) is 11.9 Å². The fraction of sp³-hybridized carbons (Fsp3) is 0.909. The van der Waals surface area contributed by atoms with Crippen LogP contribution in [0.5, 0.6) is 0 Å². The third kappa shape index (κ3) is 4.43. The third-order valence-corrected chi connectivity index (χ3v) is 3.84. The molecule has 1 aliphatic rings. The molecule has 1 N–H and O–H groups in total. The first-order chi connectivity index (χ1) is 6.92. The van der Waals surface area contributed by atoms with Crippen LogP contribution in [0.4, 0.5) is 0 Å². The van der Waals surface area contributed by atoms with Gasteiger partial charge in [-0.2, -0.15) is 0 Å². The molecule has 0 aliphatic carbocycles. The van der Waals surface area contributed by atoms with E-state index in [4.69, 9.17) is 9.84 Å². The Bertz CT molecular complexity index is 222. The highest BCUT2D eigenvalue weighted by atomic mass is 32.2. The summed E-state index contributed by atoms with van der Waals surface area (Å²) in [6.45, 7) is 5.86. The summed E-state index contributed by atoms with van der Waals surface area (Å²) in [4.78, 5) is 11.7. The molecule has 1 fully saturated rings. The molecule has 2 unspecified atom stereocenters. The lowest BCUT2D eigenvalue weighted by Crippen LogP contribution is -2.29. The molecule has 15 heavy (non-hydrogen) atoms. The average Bonchev–Trinajstić information content (AvgIpc) is 2.50. The summed E-state index contributed by atoms with van der Waals surface area (Å²) in [5.41, 5.74) is -0.396. The van der Waals surface area contributed by atoms with Gasteiger partial charge in [-0.05, 0) is 40.0 Å². The third-order valence-electron chi connectivity index (χ3n) is 2.23. The molecule has 1 heterocycles. The number of carbonyl (C=O) groups is 1. The Morgan fingerprint density at radius 3 is 2.67 bits per heavy atom. The van der Waals surface area contributed by atoms with Crippen molar-refractivity contribution in [2.45, 2.75) is 56.1 Å². The Morgan fingerprint density at radius 1 is 1.47 bits per heavy atom. The van der Waals surface area contributed by atoms with Crippen LogP contribution < -0.4 is 0 Å². The zero-order chi connectivity index (χ0) is 11.5. The van der Waals surface area contributed by atoms with Gasteiger partial charge in [0.1, 0.15) is 10.9 Å². The van der Waals surface area contributed by atoms with Gasteiger partial charge < -0.3 is 9.84 Å². The van der Waals surface area contributed by atoms with Crippen molar-refractivity contribution < 1.29 is 14.6 Å². The number of carbonyl (C=O) groups excluding carboxylic acids is 1. The van der Waals surface area contributed by atoms with Crippen LogP contribution in [0, 0.1) is 0 Å². The number of thioether (sulfide) groups is 1. The summed E-state index contributed by atoms with van der Waals surface area (Å²) >= 11 is 1.65. The maximum atomic E-state index is 11.7. The molecule has 4 heteroatoms. The van der Waals surface area contributed by atoms with Gasteiger partial charge in [-0.15, -0.1) is 11.8 Å². The van der Waals surface area contributed by atoms with Gasteiger partial charge in [-0.3, -0.25) is 4.79 Å². The lowest BCUT2D eigenvalue weighted by atomic mass is 10.1. The number of aliphatic hydroxyl groups is 1. The normalized spacial score (nSPS) is 26.7. The fourth-order valence-electron chi connectivity index (χ4n) is 1.60. The molecule has 0 amide bonds. The topological polar surface area (TPSA) is 46.5 Å². The number of aliphatic hydroxyl groups excluding tert-OH is 1. The van der Waals surface area contributed by atoms with Crippen LogP contribution in [0.1, 0.15) is 40.0 Å². The molecule has 2 atom stereocenters. The summed E-state index contributed by atoms with van der Waals surface area (Å²) in [6, 6.07) is 0. The molecule has 1 aliphatic heterocycles. The number of hydrogen-bond donors (Lipinski definition) is 1. The maximum Gasteiger partial charge on any atom is 0.319 e. The van der Waals surface area contributed by atoms with E-state index in [1.807, 2.05) is 20.8 Å². The van der Waals surface area contributed by atoms with E-state index in [9.17, 15) is 4.79 Å². The lowest BCUT2D eigenvalue weighted by Gasteiger charge is -2.21. The summed E-state index contributed by atoms with van der Waals surface area (Å²) in [6.07, 6.45) is 2.67. The van der Waals surface area contributed by atoms with Crippen molar-refractivity contribution in [3.63, 3.8) is 0 Å². The highest BCUT2D eigenvalue weighted by Gasteiger charge is 2.33. The minimum atomic E-state index is -0.396. The van der Waals surface area contributed by atoms with E-state index in [1.165, 1.54) is 0 Å². The van der Waals surface area contributed by atoms with E-state index in [1.54, 1.807) is 11.8 Å². The summed E-state index contributed by atoms with van der Waals surface area (Å²) in [5.74, 6) is -0.104. The van der Waals surface area contributed by atoms with Crippen LogP contribution >= 0.6 is 11.8 Å². The Hall–Kier alpha value is -0.220. The van der Waals surface area contributed by atoms with Gasteiger partial charge in [0.05, 0.1) is 0 Å². The molecule has 1 saturated heterocycles. The first kappa shape index (κ1) is 12.8. The van der Waals surface area contributed by atoms with Crippen molar-refractivity contribution in [2.75, 3.05) is 6.61 Å². The van der Waals surface area contributed by atoms with Crippen LogP contribution in [-0.2, 0) is 9.53 Å². The van der Waals surface area contributed by atoms with E-state index in [0.717, 1.165) is 19.3 Å². The number of ether oxygens (including phenoxy) is 1. The fourth-order valence-corrected chi connectivity index (χ4v) is 3.01. The highest BCUT2D eigenvalue weighted by Crippen LogP contribution is 2.36. The van der Waals surface area contributed by atoms with Crippen LogP contribution in [0.2, 0.25) is 0 Å². The van der Waals surface area contributed by atoms with Gasteiger partial charge in [0.15, 0.2) is 0 Å². The van der Waals surface area contributed by atoms with Crippen molar-refractivity contribution in [1.29, 1.82) is 0 Å². The van der Waals surface area contributed by atoms with Crippen molar-refractivity contribution >= 4 is 17.7 Å². The quantitative estimate of drug-likeness (QED) is 0.756. The molecule has 0 bridgehead atoms. The van der Waals surface area contributed by atoms with Crippen LogP contribution in [0.15, 0.2) is 0 Å². The molecular weight excluding hydrogens is 212 g/mol. The van der Waals surface area contributed by atoms with Crippen LogP contribution in [0.3, 0.4) is 0 Å². The second-order valence-electron chi connectivity index (χ2n) is 4.87. The van der Waals surface area contributed by atoms with E-state index >= 15 is 0 Å². The average molecular weight is 232 g/mol. The SMILES string of the molecule is CC(C)(C)OC(=O)C1CCC(CCO)S1. The predicted octanol–water partition coefficient (Wildman–Crippen LogP) is 1.97.